The number of aromatic nitrogens is 1. The van der Waals surface area contributed by atoms with Crippen LogP contribution in [0.15, 0.2) is 77.8 Å². The molecule has 0 bridgehead atoms. The van der Waals surface area contributed by atoms with Gasteiger partial charge < -0.3 is 14.2 Å². The van der Waals surface area contributed by atoms with Crippen molar-refractivity contribution in [1.29, 1.82) is 0 Å². The van der Waals surface area contributed by atoms with Gasteiger partial charge in [0.2, 0.25) is 11.8 Å². The van der Waals surface area contributed by atoms with E-state index in [-0.39, 0.29) is 29.9 Å². The summed E-state index contributed by atoms with van der Waals surface area (Å²) in [6.07, 6.45) is 5.70. The maximum Gasteiger partial charge on any atom is 0.244 e. The van der Waals surface area contributed by atoms with Crippen LogP contribution in [0.2, 0.25) is 0 Å². The third-order valence-corrected chi connectivity index (χ3v) is 9.27. The predicted molar refractivity (Wildman–Crippen MR) is 149 cm³/mol. The largest absolute Gasteiger partial charge is 0.493 e. The van der Waals surface area contributed by atoms with E-state index in [1.165, 1.54) is 24.8 Å². The zero-order chi connectivity index (χ0) is 28.4. The summed E-state index contributed by atoms with van der Waals surface area (Å²) in [7, 11) is -2.43. The first-order chi connectivity index (χ1) is 19.4. The number of benzene rings is 2. The number of hydrogen-bond acceptors (Lipinski definition) is 8. The highest BCUT2D eigenvalue weighted by Gasteiger charge is 2.32. The van der Waals surface area contributed by atoms with Gasteiger partial charge in [0.15, 0.2) is 21.3 Å². The summed E-state index contributed by atoms with van der Waals surface area (Å²) in [5, 5.41) is 8.08. The molecule has 1 saturated carbocycles. The number of nitrogens with one attached hydrogen (secondary N) is 1. The summed E-state index contributed by atoms with van der Waals surface area (Å²) >= 11 is 0. The average Bonchev–Trinajstić information content (AvgIpc) is 3.41. The fourth-order valence-corrected chi connectivity index (χ4v) is 6.73. The second-order valence-electron chi connectivity index (χ2n) is 9.91. The summed E-state index contributed by atoms with van der Waals surface area (Å²) in [6.45, 7) is 0. The van der Waals surface area contributed by atoms with Gasteiger partial charge in [-0.3, -0.25) is 10.0 Å². The molecule has 1 unspecified atom stereocenters. The van der Waals surface area contributed by atoms with E-state index in [4.69, 9.17) is 19.4 Å². The van der Waals surface area contributed by atoms with Gasteiger partial charge in [-0.05, 0) is 55.9 Å². The van der Waals surface area contributed by atoms with Crippen molar-refractivity contribution in [1.82, 2.24) is 10.5 Å². The highest BCUT2D eigenvalue weighted by Crippen LogP contribution is 2.36. The van der Waals surface area contributed by atoms with Crippen molar-refractivity contribution >= 4 is 15.7 Å². The Labute approximate surface area is 235 Å². The molecule has 1 aliphatic carbocycles. The molecule has 3 atom stereocenters. The highest BCUT2D eigenvalue weighted by molar-refractivity contribution is 7.92. The van der Waals surface area contributed by atoms with Crippen LogP contribution in [-0.2, 0) is 21.1 Å². The van der Waals surface area contributed by atoms with Gasteiger partial charge >= 0.3 is 0 Å². The topological polar surface area (TPSA) is 124 Å². The van der Waals surface area contributed by atoms with Gasteiger partial charge in [-0.15, -0.1) is 0 Å². The van der Waals surface area contributed by atoms with Crippen LogP contribution < -0.4 is 19.7 Å². The summed E-state index contributed by atoms with van der Waals surface area (Å²) < 4.78 is 45.0. The number of carbonyl (C=O) groups is 1. The van der Waals surface area contributed by atoms with Gasteiger partial charge in [0.25, 0.3) is 0 Å². The van der Waals surface area contributed by atoms with E-state index in [2.05, 4.69) is 4.98 Å². The first-order valence-electron chi connectivity index (χ1n) is 13.5. The molecule has 1 aromatic heterocycles. The Balaban J connectivity index is 1.44. The molecule has 1 heterocycles. The molecule has 0 aliphatic heterocycles. The lowest BCUT2D eigenvalue weighted by Gasteiger charge is -2.20. The Morgan fingerprint density at radius 3 is 2.45 bits per heavy atom. The molecule has 4 rings (SSSR count). The van der Waals surface area contributed by atoms with Crippen molar-refractivity contribution < 1.29 is 32.6 Å². The van der Waals surface area contributed by atoms with Crippen molar-refractivity contribution in [3.8, 4) is 17.4 Å². The highest BCUT2D eigenvalue weighted by atomic mass is 32.2. The number of carbonyl (C=O) groups excluding carboxylic acids is 1. The summed E-state index contributed by atoms with van der Waals surface area (Å²) in [4.78, 5) is 16.3. The number of ether oxygens (including phenoxy) is 3. The molecule has 10 heteroatoms. The first-order valence-corrected chi connectivity index (χ1v) is 15.1. The van der Waals surface area contributed by atoms with Gasteiger partial charge in [0.1, 0.15) is 12.2 Å². The molecule has 9 nitrogen and oxygen atoms in total. The lowest BCUT2D eigenvalue weighted by atomic mass is 10.1. The van der Waals surface area contributed by atoms with Crippen molar-refractivity contribution in [2.24, 2.45) is 0 Å². The minimum absolute atomic E-state index is 0.0429. The number of rotatable bonds is 14. The molecular weight excluding hydrogens is 532 g/mol. The molecular formula is C30H36N2O7S. The molecule has 0 saturated heterocycles. The van der Waals surface area contributed by atoms with Gasteiger partial charge in [-0.1, -0.05) is 42.8 Å². The quantitative estimate of drug-likeness (QED) is 0.160. The van der Waals surface area contributed by atoms with Crippen molar-refractivity contribution in [3.05, 3.63) is 78.5 Å². The number of aryl methyl sites for hydroxylation is 1. The Kier molecular flexibility index (Phi) is 10.4. The van der Waals surface area contributed by atoms with Crippen LogP contribution in [0, 0.1) is 0 Å². The summed E-state index contributed by atoms with van der Waals surface area (Å²) in [6, 6.07) is 20.0. The number of hydroxylamine groups is 1. The monoisotopic (exact) mass is 568 g/mol. The third kappa shape index (κ3) is 7.95. The number of unbranched alkanes of at least 4 members (excludes halogenated alkanes) is 1. The summed E-state index contributed by atoms with van der Waals surface area (Å²) in [5.41, 5.74) is 2.74. The molecule has 2 N–H and O–H groups in total. The van der Waals surface area contributed by atoms with Crippen LogP contribution in [0.4, 0.5) is 0 Å². The number of amides is 1. The van der Waals surface area contributed by atoms with Gasteiger partial charge in [0.05, 0.1) is 17.3 Å². The Morgan fingerprint density at radius 1 is 1.00 bits per heavy atom. The minimum atomic E-state index is -3.92. The molecule has 3 aromatic rings. The first kappa shape index (κ1) is 29.4. The van der Waals surface area contributed by atoms with Gasteiger partial charge in [-0.2, -0.15) is 0 Å². The van der Waals surface area contributed by atoms with E-state index in [0.717, 1.165) is 25.7 Å². The third-order valence-electron chi connectivity index (χ3n) is 7.08. The van der Waals surface area contributed by atoms with E-state index in [0.29, 0.717) is 30.2 Å². The molecule has 1 amide bonds. The lowest BCUT2D eigenvalue weighted by Crippen LogP contribution is -2.30. The average molecular weight is 569 g/mol. The zero-order valence-electron chi connectivity index (χ0n) is 22.6. The molecule has 214 valence electrons. The van der Waals surface area contributed by atoms with Crippen LogP contribution in [-0.4, -0.2) is 49.1 Å². The normalized spacial score (nSPS) is 17.6. The van der Waals surface area contributed by atoms with Crippen molar-refractivity contribution in [2.45, 2.75) is 73.7 Å². The van der Waals surface area contributed by atoms with Crippen LogP contribution in [0.25, 0.3) is 0 Å². The van der Waals surface area contributed by atoms with Crippen LogP contribution in [0.3, 0.4) is 0 Å². The zero-order valence-corrected chi connectivity index (χ0v) is 23.4. The Bertz CT molecular complexity index is 1340. The predicted octanol–water partition coefficient (Wildman–Crippen LogP) is 4.92. The smallest absolute Gasteiger partial charge is 0.244 e. The molecule has 1 aliphatic rings. The Morgan fingerprint density at radius 2 is 1.75 bits per heavy atom. The van der Waals surface area contributed by atoms with E-state index < -0.39 is 21.0 Å². The molecule has 40 heavy (non-hydrogen) atoms. The number of hydrogen-bond donors (Lipinski definition) is 2. The maximum absolute atomic E-state index is 13.7. The fourth-order valence-electron chi connectivity index (χ4n) is 4.97. The van der Waals surface area contributed by atoms with E-state index in [1.807, 2.05) is 42.5 Å². The molecule has 1 fully saturated rings. The number of methoxy groups -OCH3 is 1. The standard InChI is InChI=1S/C30H36N2O7S/c1-37-27-17-16-26(20-28(27)38-23-14-15-24(19-23)39-30-13-7-8-18-31-30)40(35,36)25(21-29(33)32-34)12-6-5-11-22-9-3-2-4-10-22/h2-4,7-10,13,16-18,20,23-25,34H,5-6,11-12,14-15,19,21H2,1H3,(H,32,33)/t23-,24+,25?/m0/s1. The number of nitrogens with zero attached hydrogens (tertiary/aromatic N) is 1. The van der Waals surface area contributed by atoms with Crippen LogP contribution >= 0.6 is 0 Å². The second-order valence-corrected chi connectivity index (χ2v) is 12.1. The lowest BCUT2D eigenvalue weighted by molar-refractivity contribution is -0.129. The molecule has 0 radical (unpaired) electrons. The summed E-state index contributed by atoms with van der Waals surface area (Å²) in [5.74, 6) is 0.550. The molecule has 0 spiro atoms. The van der Waals surface area contributed by atoms with Gasteiger partial charge in [0, 0.05) is 31.2 Å². The molecule has 2 aromatic carbocycles. The van der Waals surface area contributed by atoms with Crippen molar-refractivity contribution in [2.75, 3.05) is 7.11 Å². The van der Waals surface area contributed by atoms with E-state index in [1.54, 1.807) is 23.8 Å². The second kappa shape index (κ2) is 14.1. The van der Waals surface area contributed by atoms with E-state index in [9.17, 15) is 13.2 Å². The van der Waals surface area contributed by atoms with E-state index >= 15 is 0 Å². The van der Waals surface area contributed by atoms with Crippen LogP contribution in [0.5, 0.6) is 17.4 Å². The number of sulfone groups is 1. The number of pyridine rings is 1. The van der Waals surface area contributed by atoms with Crippen molar-refractivity contribution in [3.63, 3.8) is 0 Å². The fraction of sp³-hybridized carbons (Fsp3) is 0.400. The SMILES string of the molecule is COc1ccc(S(=O)(=O)C(CCCCc2ccccc2)CC(=O)NO)cc1O[C@H]1CC[C@@H](Oc2ccccn2)C1. The van der Waals surface area contributed by atoms with Gasteiger partial charge in [-0.25, -0.2) is 18.9 Å². The maximum atomic E-state index is 13.7. The Hall–Kier alpha value is -3.63. The minimum Gasteiger partial charge on any atom is -0.493 e. The van der Waals surface area contributed by atoms with Crippen LogP contribution in [0.1, 0.15) is 50.5 Å².